The van der Waals surface area contributed by atoms with Gasteiger partial charge in [0.1, 0.15) is 11.9 Å². The molecular formula is C25H31ClFIN2O5S. The Morgan fingerprint density at radius 2 is 1.75 bits per heavy atom. The van der Waals surface area contributed by atoms with E-state index in [1.54, 1.807) is 13.0 Å². The van der Waals surface area contributed by atoms with E-state index in [1.807, 2.05) is 36.4 Å². The van der Waals surface area contributed by atoms with Gasteiger partial charge < -0.3 is 10.1 Å². The van der Waals surface area contributed by atoms with Gasteiger partial charge in [0.25, 0.3) is 10.0 Å². The molecule has 2 rings (SSSR count). The highest BCUT2D eigenvalue weighted by molar-refractivity contribution is 14.1. The number of carbonyl (C=O) groups is 2. The minimum absolute atomic E-state index is 0.000994. The van der Waals surface area contributed by atoms with Crippen molar-refractivity contribution in [1.82, 2.24) is 5.32 Å². The number of methoxy groups -OCH3 is 1. The highest BCUT2D eigenvalue weighted by Gasteiger charge is 2.31. The zero-order valence-electron chi connectivity index (χ0n) is 20.6. The first-order valence-corrected chi connectivity index (χ1v) is 14.4. The fraction of sp³-hybridized carbons (Fsp3) is 0.440. The lowest BCUT2D eigenvalue weighted by Crippen LogP contribution is -2.45. The van der Waals surface area contributed by atoms with Crippen LogP contribution < -0.4 is 9.62 Å². The van der Waals surface area contributed by atoms with E-state index >= 15 is 0 Å². The largest absolute Gasteiger partial charge is 0.467 e. The molecule has 0 saturated heterocycles. The molecule has 1 N–H and O–H groups in total. The van der Waals surface area contributed by atoms with Crippen LogP contribution in [0.4, 0.5) is 10.1 Å². The summed E-state index contributed by atoms with van der Waals surface area (Å²) in [7, 11) is -2.83. The van der Waals surface area contributed by atoms with E-state index < -0.39 is 33.9 Å². The number of amides is 1. The number of hydrogen-bond donors (Lipinski definition) is 1. The number of esters is 1. The Labute approximate surface area is 230 Å². The number of benzene rings is 2. The smallest absolute Gasteiger partial charge is 0.328 e. The van der Waals surface area contributed by atoms with Crippen LogP contribution in [0.15, 0.2) is 47.4 Å². The SMILES string of the molecule is COC(=O)C(NC(=O)CCCCC(C)N(c1cc(I)ccc1F)S(=O)(=O)c1ccc(Cl)cc1)C(C)C. The van der Waals surface area contributed by atoms with Gasteiger partial charge in [0, 0.05) is 21.1 Å². The molecule has 0 heterocycles. The molecular weight excluding hydrogens is 622 g/mol. The Morgan fingerprint density at radius 1 is 1.11 bits per heavy atom. The van der Waals surface area contributed by atoms with Gasteiger partial charge in [-0.1, -0.05) is 31.9 Å². The van der Waals surface area contributed by atoms with Gasteiger partial charge in [-0.2, -0.15) is 0 Å². The summed E-state index contributed by atoms with van der Waals surface area (Å²) in [5, 5.41) is 3.08. The summed E-state index contributed by atoms with van der Waals surface area (Å²) >= 11 is 7.93. The summed E-state index contributed by atoms with van der Waals surface area (Å²) < 4.78 is 48.5. The quantitative estimate of drug-likeness (QED) is 0.185. The number of carbonyl (C=O) groups excluding carboxylic acids is 2. The second-order valence-electron chi connectivity index (χ2n) is 8.76. The van der Waals surface area contributed by atoms with Gasteiger partial charge in [-0.25, -0.2) is 17.6 Å². The Hall–Kier alpha value is -1.92. The van der Waals surface area contributed by atoms with Crippen LogP contribution in [0.3, 0.4) is 0 Å². The second kappa shape index (κ2) is 13.6. The van der Waals surface area contributed by atoms with Crippen LogP contribution in [0.5, 0.6) is 0 Å². The van der Waals surface area contributed by atoms with Crippen LogP contribution >= 0.6 is 34.2 Å². The van der Waals surface area contributed by atoms with Crippen molar-refractivity contribution in [3.05, 3.63) is 56.9 Å². The number of halogens is 3. The van der Waals surface area contributed by atoms with Crippen LogP contribution in [0.1, 0.15) is 46.5 Å². The topological polar surface area (TPSA) is 92.8 Å². The second-order valence-corrected chi connectivity index (χ2v) is 12.3. The predicted octanol–water partition coefficient (Wildman–Crippen LogP) is 5.54. The number of rotatable bonds is 12. The lowest BCUT2D eigenvalue weighted by Gasteiger charge is -2.31. The maximum absolute atomic E-state index is 14.8. The van der Waals surface area contributed by atoms with Crippen molar-refractivity contribution < 1.29 is 27.1 Å². The Balaban J connectivity index is 2.16. The van der Waals surface area contributed by atoms with Crippen molar-refractivity contribution >= 4 is 61.8 Å². The number of ether oxygens (including phenoxy) is 1. The van der Waals surface area contributed by atoms with Crippen LogP contribution in [-0.4, -0.2) is 39.5 Å². The van der Waals surface area contributed by atoms with Crippen molar-refractivity contribution in [2.45, 2.75) is 63.4 Å². The first-order chi connectivity index (χ1) is 16.9. The Kier molecular flexibility index (Phi) is 11.4. The summed E-state index contributed by atoms with van der Waals surface area (Å²) in [5.41, 5.74) is -0.0417. The summed E-state index contributed by atoms with van der Waals surface area (Å²) in [5.74, 6) is -1.58. The average Bonchev–Trinajstić information content (AvgIpc) is 2.82. The summed E-state index contributed by atoms with van der Waals surface area (Å²) in [6.45, 7) is 5.32. The average molecular weight is 653 g/mol. The molecule has 1 amide bonds. The molecule has 0 aromatic heterocycles. The molecule has 2 unspecified atom stereocenters. The van der Waals surface area contributed by atoms with Gasteiger partial charge >= 0.3 is 5.97 Å². The molecule has 0 radical (unpaired) electrons. The Bertz CT molecular complexity index is 1160. The van der Waals surface area contributed by atoms with Crippen LogP contribution in [0.2, 0.25) is 5.02 Å². The molecule has 0 aliphatic heterocycles. The lowest BCUT2D eigenvalue weighted by molar-refractivity contribution is -0.146. The summed E-state index contributed by atoms with van der Waals surface area (Å²) in [6.07, 6.45) is 1.52. The number of sulfonamides is 1. The first kappa shape index (κ1) is 30.3. The molecule has 0 spiro atoms. The molecule has 11 heteroatoms. The van der Waals surface area contributed by atoms with Crippen molar-refractivity contribution in [1.29, 1.82) is 0 Å². The van der Waals surface area contributed by atoms with Crippen molar-refractivity contribution in [2.24, 2.45) is 5.92 Å². The van der Waals surface area contributed by atoms with E-state index in [2.05, 4.69) is 5.32 Å². The third-order valence-electron chi connectivity index (χ3n) is 5.63. The maximum Gasteiger partial charge on any atom is 0.328 e. The molecule has 2 aromatic rings. The van der Waals surface area contributed by atoms with Crippen molar-refractivity contribution in [2.75, 3.05) is 11.4 Å². The van der Waals surface area contributed by atoms with Crippen molar-refractivity contribution in [3.8, 4) is 0 Å². The van der Waals surface area contributed by atoms with Crippen LogP contribution in [0.25, 0.3) is 0 Å². The zero-order chi connectivity index (χ0) is 27.0. The minimum Gasteiger partial charge on any atom is -0.467 e. The molecule has 36 heavy (non-hydrogen) atoms. The maximum atomic E-state index is 14.8. The van der Waals surface area contributed by atoms with E-state index in [0.717, 1.165) is 4.31 Å². The molecule has 0 bridgehead atoms. The fourth-order valence-corrected chi connectivity index (χ4v) is 5.98. The number of nitrogens with one attached hydrogen (secondary N) is 1. The number of hydrogen-bond acceptors (Lipinski definition) is 5. The standard InChI is InChI=1S/C25H31ClFIN2O5S/c1-16(2)24(25(32)35-4)29-23(31)8-6-5-7-17(3)30(22-15-19(28)11-14-21(22)27)36(33,34)20-12-9-18(26)10-13-20/h9-17,24H,5-8H2,1-4H3,(H,29,31). The monoisotopic (exact) mass is 652 g/mol. The van der Waals surface area contributed by atoms with Gasteiger partial charge in [-0.3, -0.25) is 9.10 Å². The lowest BCUT2D eigenvalue weighted by atomic mass is 10.0. The molecule has 2 aromatic carbocycles. The normalized spacial score (nSPS) is 13.2. The van der Waals surface area contributed by atoms with E-state index in [1.165, 1.54) is 43.5 Å². The van der Waals surface area contributed by atoms with E-state index in [9.17, 15) is 22.4 Å². The van der Waals surface area contributed by atoms with E-state index in [0.29, 0.717) is 27.9 Å². The third-order valence-corrected chi connectivity index (χ3v) is 8.50. The minimum atomic E-state index is -4.10. The number of nitrogens with zero attached hydrogens (tertiary/aromatic N) is 1. The molecule has 7 nitrogen and oxygen atoms in total. The predicted molar refractivity (Wildman–Crippen MR) is 147 cm³/mol. The van der Waals surface area contributed by atoms with E-state index in [-0.39, 0.29) is 28.8 Å². The molecule has 198 valence electrons. The van der Waals surface area contributed by atoms with Crippen molar-refractivity contribution in [3.63, 3.8) is 0 Å². The highest BCUT2D eigenvalue weighted by Crippen LogP contribution is 2.32. The third kappa shape index (κ3) is 8.04. The molecule has 0 saturated carbocycles. The van der Waals surface area contributed by atoms with Gasteiger partial charge in [-0.05, 0) is 90.7 Å². The first-order valence-electron chi connectivity index (χ1n) is 11.5. The van der Waals surface area contributed by atoms with Gasteiger partial charge in [-0.15, -0.1) is 0 Å². The van der Waals surface area contributed by atoms with Gasteiger partial charge in [0.15, 0.2) is 0 Å². The van der Waals surface area contributed by atoms with Crippen LogP contribution in [-0.2, 0) is 24.3 Å². The summed E-state index contributed by atoms with van der Waals surface area (Å²) in [6, 6.07) is 8.69. The fourth-order valence-electron chi connectivity index (χ4n) is 3.69. The van der Waals surface area contributed by atoms with Gasteiger partial charge in [0.05, 0.1) is 17.7 Å². The highest BCUT2D eigenvalue weighted by atomic mass is 127. The molecule has 0 aliphatic rings. The molecule has 0 fully saturated rings. The van der Waals surface area contributed by atoms with E-state index in [4.69, 9.17) is 16.3 Å². The number of anilines is 1. The van der Waals surface area contributed by atoms with Crippen LogP contribution in [0, 0.1) is 15.3 Å². The zero-order valence-corrected chi connectivity index (χ0v) is 24.4. The molecule has 2 atom stereocenters. The molecule has 0 aliphatic carbocycles. The Morgan fingerprint density at radius 3 is 2.33 bits per heavy atom. The van der Waals surface area contributed by atoms with Gasteiger partial charge in [0.2, 0.25) is 5.91 Å². The number of unbranched alkanes of at least 4 members (excludes halogenated alkanes) is 1. The summed E-state index contributed by atoms with van der Waals surface area (Å²) in [4.78, 5) is 24.2.